The molecule has 88 valence electrons. The van der Waals surface area contributed by atoms with Crippen LogP contribution in [0.2, 0.25) is 0 Å². The van der Waals surface area contributed by atoms with Crippen LogP contribution in [0.1, 0.15) is 40.0 Å². The van der Waals surface area contributed by atoms with Gasteiger partial charge in [0.05, 0.1) is 12.6 Å². The molecule has 15 heavy (non-hydrogen) atoms. The van der Waals surface area contributed by atoms with Gasteiger partial charge in [-0.05, 0) is 33.1 Å². The van der Waals surface area contributed by atoms with Crippen molar-refractivity contribution in [1.82, 2.24) is 5.32 Å². The summed E-state index contributed by atoms with van der Waals surface area (Å²) in [7, 11) is 0. The molecule has 0 aromatic carbocycles. The molecule has 0 bridgehead atoms. The molecular formula is C11H21NO3. The number of nitrogens with one attached hydrogen (secondary N) is 1. The van der Waals surface area contributed by atoms with Crippen molar-refractivity contribution < 1.29 is 14.6 Å². The van der Waals surface area contributed by atoms with Gasteiger partial charge in [0.1, 0.15) is 5.60 Å². The lowest BCUT2D eigenvalue weighted by atomic mass is 10.1. The minimum Gasteiger partial charge on any atom is -0.444 e. The first-order chi connectivity index (χ1) is 6.90. The van der Waals surface area contributed by atoms with E-state index >= 15 is 0 Å². The standard InChI is InChI=1S/C11H21NO3/c1-11(2,3)15-10(14)12-9(7-13)6-8-4-5-8/h8-9,13H,4-7H2,1-3H3,(H,12,14). The molecule has 4 nitrogen and oxygen atoms in total. The van der Waals surface area contributed by atoms with Crippen molar-refractivity contribution in [3.8, 4) is 0 Å². The van der Waals surface area contributed by atoms with Gasteiger partial charge in [0.25, 0.3) is 0 Å². The number of aliphatic hydroxyl groups excluding tert-OH is 1. The highest BCUT2D eigenvalue weighted by atomic mass is 16.6. The highest BCUT2D eigenvalue weighted by Crippen LogP contribution is 2.33. The fourth-order valence-electron chi connectivity index (χ4n) is 1.41. The molecule has 1 aliphatic carbocycles. The van der Waals surface area contributed by atoms with Crippen LogP contribution in [-0.4, -0.2) is 29.4 Å². The number of aliphatic hydroxyl groups is 1. The number of carbonyl (C=O) groups is 1. The van der Waals surface area contributed by atoms with E-state index in [0.717, 1.165) is 6.42 Å². The summed E-state index contributed by atoms with van der Waals surface area (Å²) in [6, 6.07) is -0.160. The van der Waals surface area contributed by atoms with Crippen LogP contribution in [0.5, 0.6) is 0 Å². The normalized spacial score (nSPS) is 18.4. The number of hydrogen-bond donors (Lipinski definition) is 2. The Kier molecular flexibility index (Phi) is 3.97. The monoisotopic (exact) mass is 215 g/mol. The molecule has 1 fully saturated rings. The van der Waals surface area contributed by atoms with Gasteiger partial charge >= 0.3 is 6.09 Å². The maximum absolute atomic E-state index is 11.4. The van der Waals surface area contributed by atoms with Gasteiger partial charge in [-0.15, -0.1) is 0 Å². The first kappa shape index (κ1) is 12.3. The van der Waals surface area contributed by atoms with Crippen LogP contribution in [0.4, 0.5) is 4.79 Å². The molecule has 1 saturated carbocycles. The van der Waals surface area contributed by atoms with Gasteiger partial charge in [0.2, 0.25) is 0 Å². The Hall–Kier alpha value is -0.770. The van der Waals surface area contributed by atoms with Crippen LogP contribution in [0.3, 0.4) is 0 Å². The Morgan fingerprint density at radius 3 is 2.53 bits per heavy atom. The molecule has 1 rings (SSSR count). The maximum Gasteiger partial charge on any atom is 0.407 e. The van der Waals surface area contributed by atoms with Crippen molar-refractivity contribution in [2.75, 3.05) is 6.61 Å². The lowest BCUT2D eigenvalue weighted by Crippen LogP contribution is -2.41. The minimum absolute atomic E-state index is 0.0181. The van der Waals surface area contributed by atoms with Gasteiger partial charge in [-0.25, -0.2) is 4.79 Å². The predicted molar refractivity (Wildman–Crippen MR) is 57.6 cm³/mol. The van der Waals surface area contributed by atoms with Crippen molar-refractivity contribution >= 4 is 6.09 Å². The lowest BCUT2D eigenvalue weighted by molar-refractivity contribution is 0.0477. The first-order valence-electron chi connectivity index (χ1n) is 5.51. The van der Waals surface area contributed by atoms with Crippen LogP contribution in [0, 0.1) is 5.92 Å². The number of ether oxygens (including phenoxy) is 1. The van der Waals surface area contributed by atoms with Gasteiger partial charge < -0.3 is 15.2 Å². The SMILES string of the molecule is CC(C)(C)OC(=O)NC(CO)CC1CC1. The predicted octanol–water partition coefficient (Wildman–Crippen LogP) is 1.67. The molecule has 0 radical (unpaired) electrons. The van der Waals surface area contributed by atoms with Gasteiger partial charge in [-0.2, -0.15) is 0 Å². The lowest BCUT2D eigenvalue weighted by Gasteiger charge is -2.22. The van der Waals surface area contributed by atoms with Crippen molar-refractivity contribution in [1.29, 1.82) is 0 Å². The van der Waals surface area contributed by atoms with Crippen LogP contribution in [0.15, 0.2) is 0 Å². The van der Waals surface area contributed by atoms with Crippen molar-refractivity contribution in [3.05, 3.63) is 0 Å². The molecule has 0 aromatic rings. The summed E-state index contributed by atoms with van der Waals surface area (Å²) in [5.41, 5.74) is -0.482. The third-order valence-corrected chi connectivity index (χ3v) is 2.26. The summed E-state index contributed by atoms with van der Waals surface area (Å²) >= 11 is 0. The van der Waals surface area contributed by atoms with E-state index in [-0.39, 0.29) is 12.6 Å². The molecule has 0 heterocycles. The fourth-order valence-corrected chi connectivity index (χ4v) is 1.41. The molecule has 0 aliphatic heterocycles. The van der Waals surface area contributed by atoms with Gasteiger partial charge in [0.15, 0.2) is 0 Å². The summed E-state index contributed by atoms with van der Waals surface area (Å²) < 4.78 is 5.11. The Bertz CT molecular complexity index is 218. The highest BCUT2D eigenvalue weighted by Gasteiger charge is 2.27. The fraction of sp³-hybridized carbons (Fsp3) is 0.909. The molecule has 2 N–H and O–H groups in total. The second-order valence-electron chi connectivity index (χ2n) is 5.20. The van der Waals surface area contributed by atoms with Gasteiger partial charge in [-0.1, -0.05) is 12.8 Å². The number of rotatable bonds is 4. The molecule has 1 aliphatic rings. The van der Waals surface area contributed by atoms with E-state index in [0.29, 0.717) is 5.92 Å². The van der Waals surface area contributed by atoms with E-state index in [9.17, 15) is 4.79 Å². The molecule has 0 spiro atoms. The number of amides is 1. The zero-order valence-electron chi connectivity index (χ0n) is 9.75. The highest BCUT2D eigenvalue weighted by molar-refractivity contribution is 5.68. The summed E-state index contributed by atoms with van der Waals surface area (Å²) in [6.45, 7) is 5.44. The molecule has 1 unspecified atom stereocenters. The largest absolute Gasteiger partial charge is 0.444 e. The summed E-state index contributed by atoms with van der Waals surface area (Å²) in [5.74, 6) is 0.678. The summed E-state index contributed by atoms with van der Waals surface area (Å²) in [4.78, 5) is 11.4. The van der Waals surface area contributed by atoms with Crippen molar-refractivity contribution in [2.24, 2.45) is 5.92 Å². The van der Waals surface area contributed by atoms with Crippen LogP contribution < -0.4 is 5.32 Å². The molecule has 0 saturated heterocycles. The van der Waals surface area contributed by atoms with Crippen LogP contribution in [0.25, 0.3) is 0 Å². The van der Waals surface area contributed by atoms with Gasteiger partial charge in [0, 0.05) is 0 Å². The Labute approximate surface area is 91.0 Å². The van der Waals surface area contributed by atoms with Crippen molar-refractivity contribution in [3.63, 3.8) is 0 Å². The second-order valence-corrected chi connectivity index (χ2v) is 5.20. The van der Waals surface area contributed by atoms with E-state index in [1.54, 1.807) is 0 Å². The molecule has 4 heteroatoms. The smallest absolute Gasteiger partial charge is 0.407 e. The average molecular weight is 215 g/mol. The van der Waals surface area contributed by atoms with E-state index in [4.69, 9.17) is 9.84 Å². The molecular weight excluding hydrogens is 194 g/mol. The maximum atomic E-state index is 11.4. The minimum atomic E-state index is -0.482. The van der Waals surface area contributed by atoms with Crippen molar-refractivity contribution in [2.45, 2.75) is 51.7 Å². The molecule has 1 amide bonds. The number of hydrogen-bond acceptors (Lipinski definition) is 3. The molecule has 0 aromatic heterocycles. The third kappa shape index (κ3) is 5.62. The first-order valence-corrected chi connectivity index (χ1v) is 5.51. The summed E-state index contributed by atoms with van der Waals surface area (Å²) in [5, 5.41) is 11.8. The second kappa shape index (κ2) is 4.84. The summed E-state index contributed by atoms with van der Waals surface area (Å²) in [6.07, 6.45) is 2.84. The van der Waals surface area contributed by atoms with Crippen LogP contribution in [-0.2, 0) is 4.74 Å². The van der Waals surface area contributed by atoms with Gasteiger partial charge in [-0.3, -0.25) is 0 Å². The number of alkyl carbamates (subject to hydrolysis) is 1. The van der Waals surface area contributed by atoms with E-state index in [2.05, 4.69) is 5.32 Å². The number of carbonyl (C=O) groups excluding carboxylic acids is 1. The Morgan fingerprint density at radius 1 is 1.53 bits per heavy atom. The average Bonchev–Trinajstić information content (AvgIpc) is 2.83. The van der Waals surface area contributed by atoms with E-state index in [1.807, 2.05) is 20.8 Å². The molecule has 1 atom stereocenters. The van der Waals surface area contributed by atoms with E-state index < -0.39 is 11.7 Å². The Balaban J connectivity index is 2.27. The zero-order valence-corrected chi connectivity index (χ0v) is 9.75. The topological polar surface area (TPSA) is 58.6 Å². The quantitative estimate of drug-likeness (QED) is 0.750. The Morgan fingerprint density at radius 2 is 2.13 bits per heavy atom. The zero-order chi connectivity index (χ0) is 11.5. The van der Waals surface area contributed by atoms with E-state index in [1.165, 1.54) is 12.8 Å². The third-order valence-electron chi connectivity index (χ3n) is 2.26. The van der Waals surface area contributed by atoms with Crippen LogP contribution >= 0.6 is 0 Å².